The van der Waals surface area contributed by atoms with Crippen molar-refractivity contribution in [2.75, 3.05) is 5.73 Å². The highest BCUT2D eigenvalue weighted by atomic mass is 16.5. The summed E-state index contributed by atoms with van der Waals surface area (Å²) in [5, 5.41) is 4.09. The zero-order chi connectivity index (χ0) is 11.0. The lowest BCUT2D eigenvalue weighted by atomic mass is 9.81. The number of hydrogen-bond donors (Lipinski definition) is 1. The summed E-state index contributed by atoms with van der Waals surface area (Å²) in [6, 6.07) is 3.88. The molecule has 0 spiro atoms. The quantitative estimate of drug-likeness (QED) is 0.836. The van der Waals surface area contributed by atoms with Crippen molar-refractivity contribution in [1.29, 1.82) is 0 Å². The summed E-state index contributed by atoms with van der Waals surface area (Å²) in [6.07, 6.45) is 7.17. The summed E-state index contributed by atoms with van der Waals surface area (Å²) in [4.78, 5) is 4.10. The Hall–Kier alpha value is -1.84. The zero-order valence-corrected chi connectivity index (χ0v) is 8.89. The van der Waals surface area contributed by atoms with E-state index < -0.39 is 0 Å². The summed E-state index contributed by atoms with van der Waals surface area (Å²) in [6.45, 7) is 0. The predicted molar refractivity (Wildman–Crippen MR) is 60.7 cm³/mol. The van der Waals surface area contributed by atoms with Crippen LogP contribution < -0.4 is 5.73 Å². The molecule has 2 N–H and O–H groups in total. The largest absolute Gasteiger partial charge is 0.367 e. The Morgan fingerprint density at radius 1 is 1.38 bits per heavy atom. The number of pyridine rings is 1. The summed E-state index contributed by atoms with van der Waals surface area (Å²) < 4.78 is 5.11. The summed E-state index contributed by atoms with van der Waals surface area (Å²) in [7, 11) is 0. The zero-order valence-electron chi connectivity index (χ0n) is 8.89. The van der Waals surface area contributed by atoms with Crippen LogP contribution in [0.3, 0.4) is 0 Å². The molecule has 1 fully saturated rings. The Morgan fingerprint density at radius 2 is 2.25 bits per heavy atom. The fourth-order valence-electron chi connectivity index (χ4n) is 2.08. The number of hydrogen-bond acceptors (Lipinski definition) is 4. The third kappa shape index (κ3) is 1.38. The van der Waals surface area contributed by atoms with E-state index in [1.54, 1.807) is 12.4 Å². The van der Waals surface area contributed by atoms with Crippen molar-refractivity contribution in [3.05, 3.63) is 30.2 Å². The molecule has 0 amide bonds. The van der Waals surface area contributed by atoms with E-state index in [1.807, 2.05) is 12.1 Å². The second-order valence-electron chi connectivity index (χ2n) is 4.18. The fraction of sp³-hybridized carbons (Fsp3) is 0.333. The first-order valence-electron chi connectivity index (χ1n) is 5.51. The van der Waals surface area contributed by atoms with Crippen molar-refractivity contribution in [3.63, 3.8) is 0 Å². The third-order valence-electron chi connectivity index (χ3n) is 3.19. The Balaban J connectivity index is 2.08. The second kappa shape index (κ2) is 3.63. The molecule has 0 aromatic carbocycles. The van der Waals surface area contributed by atoms with Gasteiger partial charge in [-0.05, 0) is 18.9 Å². The Morgan fingerprint density at radius 3 is 2.88 bits per heavy atom. The molecule has 4 heteroatoms. The van der Waals surface area contributed by atoms with Crippen LogP contribution in [0.2, 0.25) is 0 Å². The molecule has 0 atom stereocenters. The predicted octanol–water partition coefficient (Wildman–Crippen LogP) is 2.59. The molecule has 3 rings (SSSR count). The van der Waals surface area contributed by atoms with Gasteiger partial charge in [-0.15, -0.1) is 0 Å². The van der Waals surface area contributed by atoms with Gasteiger partial charge < -0.3 is 10.3 Å². The van der Waals surface area contributed by atoms with Gasteiger partial charge in [0.1, 0.15) is 0 Å². The number of nitrogens with zero attached hydrogens (tertiary/aromatic N) is 2. The average molecular weight is 215 g/mol. The molecule has 82 valence electrons. The second-order valence-corrected chi connectivity index (χ2v) is 4.18. The van der Waals surface area contributed by atoms with Gasteiger partial charge in [0.15, 0.2) is 0 Å². The molecule has 1 aliphatic carbocycles. The van der Waals surface area contributed by atoms with Gasteiger partial charge in [0.2, 0.25) is 5.88 Å². The molecule has 0 unspecified atom stereocenters. The molecule has 1 aliphatic rings. The topological polar surface area (TPSA) is 64.9 Å². The SMILES string of the molecule is Nc1onc(C2CCC2)c1-c1cccnc1. The van der Waals surface area contributed by atoms with Crippen molar-refractivity contribution in [2.24, 2.45) is 0 Å². The van der Waals surface area contributed by atoms with Gasteiger partial charge in [0.05, 0.1) is 11.3 Å². The monoisotopic (exact) mass is 215 g/mol. The first kappa shape index (κ1) is 9.39. The smallest absolute Gasteiger partial charge is 0.230 e. The van der Waals surface area contributed by atoms with E-state index in [4.69, 9.17) is 10.3 Å². The molecule has 16 heavy (non-hydrogen) atoms. The average Bonchev–Trinajstić information content (AvgIpc) is 2.59. The lowest BCUT2D eigenvalue weighted by Gasteiger charge is -2.23. The van der Waals surface area contributed by atoms with Gasteiger partial charge in [0, 0.05) is 23.9 Å². The van der Waals surface area contributed by atoms with E-state index in [0.29, 0.717) is 11.8 Å². The van der Waals surface area contributed by atoms with Gasteiger partial charge in [-0.1, -0.05) is 17.6 Å². The lowest BCUT2D eigenvalue weighted by Crippen LogP contribution is -2.10. The van der Waals surface area contributed by atoms with Crippen LogP contribution in [0.4, 0.5) is 5.88 Å². The van der Waals surface area contributed by atoms with E-state index in [-0.39, 0.29) is 0 Å². The maximum absolute atomic E-state index is 5.83. The van der Waals surface area contributed by atoms with Crippen molar-refractivity contribution in [1.82, 2.24) is 10.1 Å². The molecule has 0 radical (unpaired) electrons. The minimum atomic E-state index is 0.398. The van der Waals surface area contributed by atoms with E-state index in [0.717, 1.165) is 16.8 Å². The van der Waals surface area contributed by atoms with Crippen LogP contribution in [0.1, 0.15) is 30.9 Å². The standard InChI is InChI=1S/C12H13N3O/c13-12-10(9-5-2-6-14-7-9)11(15-16-12)8-3-1-4-8/h2,5-8H,1,3-4,13H2. The van der Waals surface area contributed by atoms with E-state index in [2.05, 4.69) is 10.1 Å². The van der Waals surface area contributed by atoms with Gasteiger partial charge in [0.25, 0.3) is 0 Å². The van der Waals surface area contributed by atoms with Crippen molar-refractivity contribution in [3.8, 4) is 11.1 Å². The number of aromatic nitrogens is 2. The van der Waals surface area contributed by atoms with E-state index in [9.17, 15) is 0 Å². The minimum Gasteiger partial charge on any atom is -0.367 e. The highest BCUT2D eigenvalue weighted by molar-refractivity contribution is 5.75. The van der Waals surface area contributed by atoms with Crippen LogP contribution in [-0.4, -0.2) is 10.1 Å². The maximum Gasteiger partial charge on any atom is 0.230 e. The Labute approximate surface area is 93.5 Å². The van der Waals surface area contributed by atoms with Crippen molar-refractivity contribution >= 4 is 5.88 Å². The lowest BCUT2D eigenvalue weighted by molar-refractivity contribution is 0.369. The van der Waals surface area contributed by atoms with Gasteiger partial charge in [-0.2, -0.15) is 0 Å². The van der Waals surface area contributed by atoms with Crippen LogP contribution in [-0.2, 0) is 0 Å². The van der Waals surface area contributed by atoms with Crippen LogP contribution in [0.5, 0.6) is 0 Å². The summed E-state index contributed by atoms with van der Waals surface area (Å²) in [5.74, 6) is 0.908. The molecule has 2 aromatic rings. The van der Waals surface area contributed by atoms with Gasteiger partial charge in [-0.3, -0.25) is 4.98 Å². The summed E-state index contributed by atoms with van der Waals surface area (Å²) >= 11 is 0. The molecule has 0 bridgehead atoms. The normalized spacial score (nSPS) is 16.0. The number of nitrogen functional groups attached to an aromatic ring is 1. The first-order chi connectivity index (χ1) is 7.86. The number of anilines is 1. The molecule has 0 saturated heterocycles. The molecule has 2 heterocycles. The van der Waals surface area contributed by atoms with E-state index >= 15 is 0 Å². The third-order valence-corrected chi connectivity index (χ3v) is 3.19. The highest BCUT2D eigenvalue weighted by Gasteiger charge is 2.28. The molecule has 1 saturated carbocycles. The van der Waals surface area contributed by atoms with E-state index in [1.165, 1.54) is 19.3 Å². The van der Waals surface area contributed by atoms with Crippen molar-refractivity contribution in [2.45, 2.75) is 25.2 Å². The minimum absolute atomic E-state index is 0.398. The van der Waals surface area contributed by atoms with Gasteiger partial charge >= 0.3 is 0 Å². The molecule has 0 aliphatic heterocycles. The summed E-state index contributed by atoms with van der Waals surface area (Å²) in [5.41, 5.74) is 8.75. The van der Waals surface area contributed by atoms with Crippen molar-refractivity contribution < 1.29 is 4.52 Å². The first-order valence-corrected chi connectivity index (χ1v) is 5.51. The number of nitrogens with two attached hydrogens (primary N) is 1. The number of rotatable bonds is 2. The van der Waals surface area contributed by atoms with Crippen LogP contribution in [0, 0.1) is 0 Å². The molecular weight excluding hydrogens is 202 g/mol. The molecule has 4 nitrogen and oxygen atoms in total. The van der Waals surface area contributed by atoms with Crippen LogP contribution in [0.15, 0.2) is 29.0 Å². The molecule has 2 aromatic heterocycles. The van der Waals surface area contributed by atoms with Crippen LogP contribution >= 0.6 is 0 Å². The Kier molecular flexibility index (Phi) is 2.13. The fourth-order valence-corrected chi connectivity index (χ4v) is 2.08. The molecular formula is C12H13N3O. The Bertz CT molecular complexity index is 488. The maximum atomic E-state index is 5.83. The van der Waals surface area contributed by atoms with Crippen LogP contribution in [0.25, 0.3) is 11.1 Å². The highest BCUT2D eigenvalue weighted by Crippen LogP contribution is 2.42. The van der Waals surface area contributed by atoms with Gasteiger partial charge in [-0.25, -0.2) is 0 Å².